The second-order valence-corrected chi connectivity index (χ2v) is 6.12. The van der Waals surface area contributed by atoms with Gasteiger partial charge in [0.25, 0.3) is 0 Å². The zero-order valence-electron chi connectivity index (χ0n) is 12.6. The van der Waals surface area contributed by atoms with Gasteiger partial charge in [0, 0.05) is 43.6 Å². The monoisotopic (exact) mass is 262 g/mol. The number of rotatable bonds is 4. The van der Waals surface area contributed by atoms with Crippen LogP contribution < -0.4 is 10.2 Å². The van der Waals surface area contributed by atoms with Crippen molar-refractivity contribution in [2.75, 3.05) is 18.0 Å². The van der Waals surface area contributed by atoms with Crippen LogP contribution in [0.4, 0.5) is 5.95 Å². The highest BCUT2D eigenvalue weighted by Crippen LogP contribution is 2.24. The Bertz CT molecular complexity index is 388. The molecule has 0 aromatic carbocycles. The molecule has 0 spiro atoms. The Hall–Kier alpha value is -1.16. The van der Waals surface area contributed by atoms with Crippen LogP contribution in [0.15, 0.2) is 12.4 Å². The molecule has 1 aromatic heterocycles. The molecule has 19 heavy (non-hydrogen) atoms. The zero-order chi connectivity index (χ0) is 13.8. The average molecular weight is 262 g/mol. The standard InChI is InChI=1S/C15H26N4/c1-11(2)16-7-14-8-17-15(18-9-14)19-6-5-12(3)13(4)10-19/h8-9,11-13,16H,5-7,10H2,1-4H3. The Morgan fingerprint density at radius 3 is 2.53 bits per heavy atom. The molecule has 2 heterocycles. The second-order valence-electron chi connectivity index (χ2n) is 6.12. The first kappa shape index (κ1) is 14.3. The van der Waals surface area contributed by atoms with E-state index in [1.807, 2.05) is 12.4 Å². The molecule has 2 rings (SSSR count). The minimum Gasteiger partial charge on any atom is -0.341 e. The maximum Gasteiger partial charge on any atom is 0.225 e. The first-order valence-electron chi connectivity index (χ1n) is 7.35. The molecule has 1 aliphatic rings. The molecular formula is C15H26N4. The summed E-state index contributed by atoms with van der Waals surface area (Å²) in [4.78, 5) is 11.3. The summed E-state index contributed by atoms with van der Waals surface area (Å²) in [6, 6.07) is 0.490. The first-order chi connectivity index (χ1) is 9.06. The number of nitrogens with zero attached hydrogens (tertiary/aromatic N) is 3. The molecule has 0 aliphatic carbocycles. The molecule has 0 radical (unpaired) electrons. The largest absolute Gasteiger partial charge is 0.341 e. The maximum atomic E-state index is 4.51. The number of piperidine rings is 1. The molecule has 2 atom stereocenters. The van der Waals surface area contributed by atoms with Crippen molar-refractivity contribution in [1.29, 1.82) is 0 Å². The Labute approximate surface area is 116 Å². The highest BCUT2D eigenvalue weighted by molar-refractivity contribution is 5.30. The normalized spacial score (nSPS) is 23.9. The van der Waals surface area contributed by atoms with Crippen LogP contribution in [0.3, 0.4) is 0 Å². The summed E-state index contributed by atoms with van der Waals surface area (Å²) in [7, 11) is 0. The van der Waals surface area contributed by atoms with E-state index >= 15 is 0 Å². The van der Waals surface area contributed by atoms with Gasteiger partial charge in [-0.25, -0.2) is 9.97 Å². The number of hydrogen-bond acceptors (Lipinski definition) is 4. The van der Waals surface area contributed by atoms with Crippen molar-refractivity contribution in [3.8, 4) is 0 Å². The molecule has 106 valence electrons. The van der Waals surface area contributed by atoms with Crippen molar-refractivity contribution >= 4 is 5.95 Å². The maximum absolute atomic E-state index is 4.51. The minimum absolute atomic E-state index is 0.490. The fourth-order valence-corrected chi connectivity index (χ4v) is 2.37. The van der Waals surface area contributed by atoms with E-state index in [0.717, 1.165) is 43.0 Å². The summed E-state index contributed by atoms with van der Waals surface area (Å²) in [5.74, 6) is 2.41. The van der Waals surface area contributed by atoms with Gasteiger partial charge in [0.05, 0.1) is 0 Å². The van der Waals surface area contributed by atoms with Gasteiger partial charge in [0.15, 0.2) is 0 Å². The van der Waals surface area contributed by atoms with Crippen LogP contribution in [0.2, 0.25) is 0 Å². The van der Waals surface area contributed by atoms with Crippen molar-refractivity contribution in [2.45, 2.75) is 46.7 Å². The third-order valence-electron chi connectivity index (χ3n) is 4.02. The summed E-state index contributed by atoms with van der Waals surface area (Å²) in [6.07, 6.45) is 5.13. The van der Waals surface area contributed by atoms with Gasteiger partial charge in [-0.1, -0.05) is 27.7 Å². The minimum atomic E-state index is 0.490. The van der Waals surface area contributed by atoms with Crippen LogP contribution in [0, 0.1) is 11.8 Å². The lowest BCUT2D eigenvalue weighted by Gasteiger charge is -2.35. The second kappa shape index (κ2) is 6.33. The van der Waals surface area contributed by atoms with E-state index in [4.69, 9.17) is 0 Å². The molecule has 2 unspecified atom stereocenters. The molecule has 0 bridgehead atoms. The summed E-state index contributed by atoms with van der Waals surface area (Å²) in [6.45, 7) is 11.9. The predicted octanol–water partition coefficient (Wildman–Crippen LogP) is 2.46. The van der Waals surface area contributed by atoms with Crippen LogP contribution >= 0.6 is 0 Å². The zero-order valence-corrected chi connectivity index (χ0v) is 12.6. The van der Waals surface area contributed by atoms with Crippen LogP contribution in [0.1, 0.15) is 39.7 Å². The molecule has 0 saturated carbocycles. The van der Waals surface area contributed by atoms with E-state index in [-0.39, 0.29) is 0 Å². The number of hydrogen-bond donors (Lipinski definition) is 1. The van der Waals surface area contributed by atoms with Gasteiger partial charge < -0.3 is 10.2 Å². The van der Waals surface area contributed by atoms with Crippen molar-refractivity contribution in [1.82, 2.24) is 15.3 Å². The summed E-state index contributed by atoms with van der Waals surface area (Å²) in [5, 5.41) is 3.38. The van der Waals surface area contributed by atoms with Gasteiger partial charge in [-0.15, -0.1) is 0 Å². The molecule has 1 fully saturated rings. The molecule has 0 amide bonds. The Balaban J connectivity index is 1.94. The quantitative estimate of drug-likeness (QED) is 0.905. The van der Waals surface area contributed by atoms with Crippen LogP contribution in [0.5, 0.6) is 0 Å². The van der Waals surface area contributed by atoms with Crippen LogP contribution in [0.25, 0.3) is 0 Å². The Morgan fingerprint density at radius 2 is 1.95 bits per heavy atom. The summed E-state index contributed by atoms with van der Waals surface area (Å²) < 4.78 is 0. The van der Waals surface area contributed by atoms with Crippen molar-refractivity contribution < 1.29 is 0 Å². The Kier molecular flexibility index (Phi) is 4.75. The van der Waals surface area contributed by atoms with Gasteiger partial charge in [0.1, 0.15) is 0 Å². The van der Waals surface area contributed by atoms with E-state index in [0.29, 0.717) is 6.04 Å². The molecule has 1 aromatic rings. The smallest absolute Gasteiger partial charge is 0.225 e. The molecule has 4 heteroatoms. The average Bonchev–Trinajstić information content (AvgIpc) is 2.40. The van der Waals surface area contributed by atoms with Gasteiger partial charge >= 0.3 is 0 Å². The van der Waals surface area contributed by atoms with Crippen LogP contribution in [-0.2, 0) is 6.54 Å². The Morgan fingerprint density at radius 1 is 1.26 bits per heavy atom. The fraction of sp³-hybridized carbons (Fsp3) is 0.733. The van der Waals surface area contributed by atoms with Gasteiger partial charge in [-0.05, 0) is 18.3 Å². The van der Waals surface area contributed by atoms with Crippen molar-refractivity contribution in [2.24, 2.45) is 11.8 Å². The number of nitrogens with one attached hydrogen (secondary N) is 1. The molecule has 4 nitrogen and oxygen atoms in total. The third-order valence-corrected chi connectivity index (χ3v) is 4.02. The number of aromatic nitrogens is 2. The van der Waals surface area contributed by atoms with Crippen molar-refractivity contribution in [3.05, 3.63) is 18.0 Å². The molecule has 1 aliphatic heterocycles. The van der Waals surface area contributed by atoms with Crippen LogP contribution in [-0.4, -0.2) is 29.1 Å². The molecular weight excluding hydrogens is 236 g/mol. The van der Waals surface area contributed by atoms with Crippen molar-refractivity contribution in [3.63, 3.8) is 0 Å². The lowest BCUT2D eigenvalue weighted by molar-refractivity contribution is 0.321. The molecule has 1 N–H and O–H groups in total. The summed E-state index contributed by atoms with van der Waals surface area (Å²) >= 11 is 0. The third kappa shape index (κ3) is 3.90. The number of anilines is 1. The lowest BCUT2D eigenvalue weighted by Crippen LogP contribution is -2.39. The SMILES string of the molecule is CC(C)NCc1cnc(N2CCC(C)C(C)C2)nc1. The topological polar surface area (TPSA) is 41.1 Å². The van der Waals surface area contributed by atoms with Gasteiger partial charge in [-0.2, -0.15) is 0 Å². The molecule has 1 saturated heterocycles. The van der Waals surface area contributed by atoms with Gasteiger partial charge in [-0.3, -0.25) is 0 Å². The predicted molar refractivity (Wildman–Crippen MR) is 79.2 cm³/mol. The highest BCUT2D eigenvalue weighted by atomic mass is 15.3. The van der Waals surface area contributed by atoms with E-state index < -0.39 is 0 Å². The highest BCUT2D eigenvalue weighted by Gasteiger charge is 2.23. The van der Waals surface area contributed by atoms with Gasteiger partial charge in [0.2, 0.25) is 5.95 Å². The van der Waals surface area contributed by atoms with E-state index in [2.05, 4.69) is 47.9 Å². The van der Waals surface area contributed by atoms with E-state index in [9.17, 15) is 0 Å². The summed E-state index contributed by atoms with van der Waals surface area (Å²) in [5.41, 5.74) is 1.15. The lowest BCUT2D eigenvalue weighted by atomic mass is 9.89. The van der Waals surface area contributed by atoms with E-state index in [1.165, 1.54) is 6.42 Å². The fourth-order valence-electron chi connectivity index (χ4n) is 2.37. The first-order valence-corrected chi connectivity index (χ1v) is 7.35. The van der Waals surface area contributed by atoms with E-state index in [1.54, 1.807) is 0 Å².